The molecule has 3 rings (SSSR count). The van der Waals surface area contributed by atoms with Gasteiger partial charge in [-0.1, -0.05) is 12.8 Å². The zero-order valence-electron chi connectivity index (χ0n) is 11.1. The van der Waals surface area contributed by atoms with Gasteiger partial charge in [0.25, 0.3) is 0 Å². The molecule has 1 heterocycles. The minimum Gasteiger partial charge on any atom is -0.380 e. The second-order valence-electron chi connectivity index (χ2n) is 5.33. The zero-order valence-corrected chi connectivity index (χ0v) is 11.1. The van der Waals surface area contributed by atoms with E-state index in [0.717, 1.165) is 43.8 Å². The van der Waals surface area contributed by atoms with E-state index in [1.807, 2.05) is 12.1 Å². The lowest BCUT2D eigenvalue weighted by molar-refractivity contribution is 0.623. The molecular weight excluding hydrogens is 241 g/mol. The largest absolute Gasteiger partial charge is 0.380 e. The summed E-state index contributed by atoms with van der Waals surface area (Å²) in [5.41, 5.74) is 1.46. The van der Waals surface area contributed by atoms with Crippen molar-refractivity contribution >= 4 is 11.5 Å². The summed E-state index contributed by atoms with van der Waals surface area (Å²) in [6.45, 7) is 1.74. The molecule has 1 fully saturated rings. The molecule has 0 unspecified atom stereocenters. The van der Waals surface area contributed by atoms with Crippen molar-refractivity contribution in [3.05, 3.63) is 29.6 Å². The van der Waals surface area contributed by atoms with Gasteiger partial charge in [-0.15, -0.1) is 0 Å². The molecule has 0 aromatic heterocycles. The van der Waals surface area contributed by atoms with E-state index in [0.29, 0.717) is 11.7 Å². The third-order valence-corrected chi connectivity index (χ3v) is 3.85. The van der Waals surface area contributed by atoms with Crippen LogP contribution in [0.5, 0.6) is 0 Å². The first-order chi connectivity index (χ1) is 9.33. The highest BCUT2D eigenvalue weighted by atomic mass is 19.1. The average molecular weight is 261 g/mol. The van der Waals surface area contributed by atoms with Crippen LogP contribution in [0.15, 0.2) is 23.2 Å². The number of aliphatic imine (C=N–C) groups is 1. The third-order valence-electron chi connectivity index (χ3n) is 3.85. The molecule has 19 heavy (non-hydrogen) atoms. The van der Waals surface area contributed by atoms with Crippen LogP contribution in [0, 0.1) is 5.82 Å². The number of benzene rings is 1. The van der Waals surface area contributed by atoms with Gasteiger partial charge in [0.15, 0.2) is 0 Å². The highest BCUT2D eigenvalue weighted by Crippen LogP contribution is 2.24. The van der Waals surface area contributed by atoms with Crippen molar-refractivity contribution < 1.29 is 4.39 Å². The SMILES string of the molecule is Fc1cc(C2=NCCCN2)ccc1NC1CCCC1. The van der Waals surface area contributed by atoms with Crippen molar-refractivity contribution in [2.24, 2.45) is 4.99 Å². The molecule has 0 spiro atoms. The maximum atomic E-state index is 14.1. The molecule has 3 nitrogen and oxygen atoms in total. The molecule has 1 aliphatic heterocycles. The zero-order chi connectivity index (χ0) is 13.1. The summed E-state index contributed by atoms with van der Waals surface area (Å²) in [5.74, 6) is 0.636. The Labute approximate surface area is 113 Å². The summed E-state index contributed by atoms with van der Waals surface area (Å²) >= 11 is 0. The Kier molecular flexibility index (Phi) is 3.67. The molecule has 0 saturated heterocycles. The van der Waals surface area contributed by atoms with E-state index in [-0.39, 0.29) is 5.82 Å². The summed E-state index contributed by atoms with van der Waals surface area (Å²) in [4.78, 5) is 4.39. The Morgan fingerprint density at radius 3 is 2.74 bits per heavy atom. The van der Waals surface area contributed by atoms with Crippen molar-refractivity contribution in [3.63, 3.8) is 0 Å². The van der Waals surface area contributed by atoms with E-state index < -0.39 is 0 Å². The lowest BCUT2D eigenvalue weighted by Crippen LogP contribution is -2.30. The average Bonchev–Trinajstić information content (AvgIpc) is 2.95. The topological polar surface area (TPSA) is 36.4 Å². The van der Waals surface area contributed by atoms with Crippen LogP contribution < -0.4 is 10.6 Å². The van der Waals surface area contributed by atoms with E-state index in [4.69, 9.17) is 0 Å². The van der Waals surface area contributed by atoms with Crippen molar-refractivity contribution in [2.75, 3.05) is 18.4 Å². The highest BCUT2D eigenvalue weighted by Gasteiger charge is 2.17. The fourth-order valence-corrected chi connectivity index (χ4v) is 2.80. The molecule has 1 aliphatic carbocycles. The number of hydrogen-bond acceptors (Lipinski definition) is 3. The quantitative estimate of drug-likeness (QED) is 0.877. The number of amidine groups is 1. The highest BCUT2D eigenvalue weighted by molar-refractivity contribution is 5.99. The molecule has 4 heteroatoms. The van der Waals surface area contributed by atoms with E-state index in [2.05, 4.69) is 15.6 Å². The molecule has 1 aromatic rings. The summed E-state index contributed by atoms with van der Waals surface area (Å²) in [5, 5.41) is 6.52. The van der Waals surface area contributed by atoms with Gasteiger partial charge < -0.3 is 10.6 Å². The predicted molar refractivity (Wildman–Crippen MR) is 76.3 cm³/mol. The molecule has 102 valence electrons. The van der Waals surface area contributed by atoms with E-state index in [9.17, 15) is 4.39 Å². The monoisotopic (exact) mass is 261 g/mol. The van der Waals surface area contributed by atoms with Gasteiger partial charge in [-0.2, -0.15) is 0 Å². The van der Waals surface area contributed by atoms with Crippen molar-refractivity contribution in [2.45, 2.75) is 38.1 Å². The first-order valence-electron chi connectivity index (χ1n) is 7.18. The molecule has 2 N–H and O–H groups in total. The van der Waals surface area contributed by atoms with Crippen LogP contribution in [0.3, 0.4) is 0 Å². The van der Waals surface area contributed by atoms with Gasteiger partial charge in [0, 0.05) is 24.7 Å². The first-order valence-corrected chi connectivity index (χ1v) is 7.18. The number of nitrogens with zero attached hydrogens (tertiary/aromatic N) is 1. The van der Waals surface area contributed by atoms with Crippen LogP contribution in [0.1, 0.15) is 37.7 Å². The van der Waals surface area contributed by atoms with Crippen LogP contribution in [0.25, 0.3) is 0 Å². The van der Waals surface area contributed by atoms with Crippen LogP contribution in [0.2, 0.25) is 0 Å². The maximum Gasteiger partial charge on any atom is 0.147 e. The van der Waals surface area contributed by atoms with Crippen molar-refractivity contribution in [1.29, 1.82) is 0 Å². The Morgan fingerprint density at radius 1 is 1.21 bits per heavy atom. The second-order valence-corrected chi connectivity index (χ2v) is 5.33. The van der Waals surface area contributed by atoms with Gasteiger partial charge in [-0.25, -0.2) is 4.39 Å². The fraction of sp³-hybridized carbons (Fsp3) is 0.533. The summed E-state index contributed by atoms with van der Waals surface area (Å²) in [6.07, 6.45) is 5.84. The smallest absolute Gasteiger partial charge is 0.147 e. The Hall–Kier alpha value is -1.58. The number of hydrogen-bond donors (Lipinski definition) is 2. The van der Waals surface area contributed by atoms with Gasteiger partial charge in [0.1, 0.15) is 11.7 Å². The van der Waals surface area contributed by atoms with E-state index >= 15 is 0 Å². The van der Waals surface area contributed by atoms with Gasteiger partial charge in [-0.3, -0.25) is 4.99 Å². The summed E-state index contributed by atoms with van der Waals surface area (Å²) < 4.78 is 14.1. The van der Waals surface area contributed by atoms with Crippen LogP contribution in [-0.4, -0.2) is 25.0 Å². The Bertz CT molecular complexity index is 478. The van der Waals surface area contributed by atoms with Crippen molar-refractivity contribution in [3.8, 4) is 0 Å². The molecule has 0 amide bonds. The lowest BCUT2D eigenvalue weighted by Gasteiger charge is -2.17. The van der Waals surface area contributed by atoms with Crippen LogP contribution in [-0.2, 0) is 0 Å². The Balaban J connectivity index is 1.75. The van der Waals surface area contributed by atoms with Gasteiger partial charge in [0.2, 0.25) is 0 Å². The van der Waals surface area contributed by atoms with Gasteiger partial charge in [-0.05, 0) is 37.5 Å². The predicted octanol–water partition coefficient (Wildman–Crippen LogP) is 2.92. The molecule has 0 bridgehead atoms. The normalized spacial score (nSPS) is 19.9. The van der Waals surface area contributed by atoms with E-state index in [1.165, 1.54) is 12.8 Å². The molecule has 1 aromatic carbocycles. The molecule has 0 atom stereocenters. The van der Waals surface area contributed by atoms with E-state index in [1.54, 1.807) is 6.07 Å². The summed E-state index contributed by atoms with van der Waals surface area (Å²) in [7, 11) is 0. The van der Waals surface area contributed by atoms with Gasteiger partial charge >= 0.3 is 0 Å². The van der Waals surface area contributed by atoms with Gasteiger partial charge in [0.05, 0.1) is 5.69 Å². The molecule has 1 saturated carbocycles. The lowest BCUT2D eigenvalue weighted by atomic mass is 10.1. The van der Waals surface area contributed by atoms with Crippen LogP contribution in [0.4, 0.5) is 10.1 Å². The third kappa shape index (κ3) is 2.88. The van der Waals surface area contributed by atoms with Crippen molar-refractivity contribution in [1.82, 2.24) is 5.32 Å². The maximum absolute atomic E-state index is 14.1. The second kappa shape index (κ2) is 5.59. The minimum atomic E-state index is -0.181. The Morgan fingerprint density at radius 2 is 2.05 bits per heavy atom. The molecule has 0 radical (unpaired) electrons. The fourth-order valence-electron chi connectivity index (χ4n) is 2.80. The number of nitrogens with one attached hydrogen (secondary N) is 2. The molecule has 2 aliphatic rings. The number of anilines is 1. The summed E-state index contributed by atoms with van der Waals surface area (Å²) in [6, 6.07) is 5.79. The molecular formula is C15H20FN3. The number of rotatable bonds is 3. The van der Waals surface area contributed by atoms with Crippen LogP contribution >= 0.6 is 0 Å². The first kappa shape index (κ1) is 12.5. The number of halogens is 1. The minimum absolute atomic E-state index is 0.181. The standard InChI is InChI=1S/C15H20FN3/c16-13-10-11(15-17-8-3-9-18-15)6-7-14(13)19-12-4-1-2-5-12/h6-7,10,12,19H,1-5,8-9H2,(H,17,18).